The molecule has 0 bridgehead atoms. The first-order chi connectivity index (χ1) is 5.97. The second-order valence-corrected chi connectivity index (χ2v) is 9.41. The molecule has 1 heterocycles. The minimum absolute atomic E-state index is 0.842. The van der Waals surface area contributed by atoms with Gasteiger partial charge in [0.2, 0.25) is 0 Å². The van der Waals surface area contributed by atoms with Gasteiger partial charge >= 0.3 is 0 Å². The zero-order valence-electron chi connectivity index (χ0n) is 8.06. The lowest BCUT2D eigenvalue weighted by Crippen LogP contribution is -2.16. The van der Waals surface area contributed by atoms with E-state index < -0.39 is 8.07 Å². The molecule has 0 radical (unpaired) electrons. The number of aromatic nitrogens is 1. The maximum absolute atomic E-state index is 4.24. The van der Waals surface area contributed by atoms with Gasteiger partial charge in [-0.2, -0.15) is 0 Å². The van der Waals surface area contributed by atoms with Crippen molar-refractivity contribution in [1.82, 2.24) is 4.98 Å². The van der Waals surface area contributed by atoms with E-state index in [0.29, 0.717) is 0 Å². The van der Waals surface area contributed by atoms with E-state index in [-0.39, 0.29) is 0 Å². The van der Waals surface area contributed by atoms with E-state index in [9.17, 15) is 0 Å². The van der Waals surface area contributed by atoms with Gasteiger partial charge in [-0.1, -0.05) is 31.6 Å². The summed E-state index contributed by atoms with van der Waals surface area (Å²) in [7, 11) is -1.27. The zero-order valence-corrected chi connectivity index (χ0v) is 10.6. The lowest BCUT2D eigenvalue weighted by atomic mass is 10.4. The van der Waals surface area contributed by atoms with Crippen molar-refractivity contribution < 1.29 is 0 Å². The topological polar surface area (TPSA) is 12.9 Å². The Morgan fingerprint density at radius 2 is 2.00 bits per heavy atom. The summed E-state index contributed by atoms with van der Waals surface area (Å²) in [6.45, 7) is 6.66. The zero-order chi connectivity index (χ0) is 9.90. The Labute approximate surface area is 88.7 Å². The third kappa shape index (κ3) is 4.25. The van der Waals surface area contributed by atoms with E-state index in [1.165, 1.54) is 0 Å². The van der Waals surface area contributed by atoms with Crippen molar-refractivity contribution in [3.8, 4) is 11.5 Å². The Balaban J connectivity index is 2.90. The molecular formula is C10H12BrNSi. The number of rotatable bonds is 0. The maximum Gasteiger partial charge on any atom is 0.129 e. The minimum atomic E-state index is -1.27. The smallest absolute Gasteiger partial charge is 0.129 e. The highest BCUT2D eigenvalue weighted by Crippen LogP contribution is 2.05. The van der Waals surface area contributed by atoms with E-state index in [1.54, 1.807) is 0 Å². The van der Waals surface area contributed by atoms with E-state index in [1.807, 2.05) is 18.2 Å². The van der Waals surface area contributed by atoms with Gasteiger partial charge in [-0.25, -0.2) is 4.98 Å². The van der Waals surface area contributed by atoms with Crippen molar-refractivity contribution in [1.29, 1.82) is 0 Å². The van der Waals surface area contributed by atoms with Crippen LogP contribution in [-0.2, 0) is 0 Å². The molecule has 3 heteroatoms. The third-order valence-corrected chi connectivity index (χ3v) is 2.60. The highest BCUT2D eigenvalue weighted by atomic mass is 79.9. The fraction of sp³-hybridized carbons (Fsp3) is 0.300. The van der Waals surface area contributed by atoms with Crippen molar-refractivity contribution in [2.75, 3.05) is 0 Å². The summed E-state index contributed by atoms with van der Waals surface area (Å²) in [5, 5.41) is 0. The van der Waals surface area contributed by atoms with Gasteiger partial charge < -0.3 is 0 Å². The van der Waals surface area contributed by atoms with Crippen molar-refractivity contribution in [3.05, 3.63) is 28.5 Å². The summed E-state index contributed by atoms with van der Waals surface area (Å²) in [6.07, 6.45) is 0. The summed E-state index contributed by atoms with van der Waals surface area (Å²) in [5.74, 6) is 3.10. The molecule has 0 aliphatic carbocycles. The summed E-state index contributed by atoms with van der Waals surface area (Å²) < 4.78 is 0.842. The molecule has 0 fully saturated rings. The molecule has 0 unspecified atom stereocenters. The standard InChI is InChI=1S/C10H12BrNSi/c1-13(2,3)8-7-9-5-4-6-10(11)12-9/h4-6H,1-3H3. The first kappa shape index (κ1) is 10.5. The average Bonchev–Trinajstić information content (AvgIpc) is 2.00. The van der Waals surface area contributed by atoms with Crippen molar-refractivity contribution in [2.24, 2.45) is 0 Å². The largest absolute Gasteiger partial charge is 0.232 e. The van der Waals surface area contributed by atoms with E-state index in [4.69, 9.17) is 0 Å². The van der Waals surface area contributed by atoms with E-state index in [0.717, 1.165) is 10.3 Å². The molecule has 1 aromatic rings. The first-order valence-electron chi connectivity index (χ1n) is 4.13. The Morgan fingerprint density at radius 3 is 2.54 bits per heavy atom. The van der Waals surface area contributed by atoms with Gasteiger partial charge in [0.05, 0.1) is 0 Å². The predicted molar refractivity (Wildman–Crippen MR) is 62.2 cm³/mol. The quantitative estimate of drug-likeness (QED) is 0.394. The Hall–Kier alpha value is -0.593. The minimum Gasteiger partial charge on any atom is -0.232 e. The van der Waals surface area contributed by atoms with Crippen molar-refractivity contribution in [3.63, 3.8) is 0 Å². The van der Waals surface area contributed by atoms with Crippen LogP contribution in [-0.4, -0.2) is 13.1 Å². The summed E-state index contributed by atoms with van der Waals surface area (Å²) in [5.41, 5.74) is 4.12. The summed E-state index contributed by atoms with van der Waals surface area (Å²) in [4.78, 5) is 4.24. The van der Waals surface area contributed by atoms with Crippen LogP contribution in [0.15, 0.2) is 22.8 Å². The Kier molecular flexibility index (Phi) is 3.29. The number of hydrogen-bond donors (Lipinski definition) is 0. The number of hydrogen-bond acceptors (Lipinski definition) is 1. The maximum atomic E-state index is 4.24. The van der Waals surface area contributed by atoms with Crippen molar-refractivity contribution >= 4 is 24.0 Å². The second-order valence-electron chi connectivity index (χ2n) is 3.85. The SMILES string of the molecule is C[Si](C)(C)C#Cc1cccc(Br)n1. The van der Waals surface area contributed by atoms with Crippen LogP contribution >= 0.6 is 15.9 Å². The number of nitrogens with zero attached hydrogens (tertiary/aromatic N) is 1. The van der Waals surface area contributed by atoms with Crippen LogP contribution in [0.3, 0.4) is 0 Å². The third-order valence-electron chi connectivity index (χ3n) is 1.28. The molecule has 0 amide bonds. The number of halogens is 1. The molecular weight excluding hydrogens is 242 g/mol. The van der Waals surface area contributed by atoms with Gasteiger partial charge in [0.1, 0.15) is 18.4 Å². The first-order valence-corrected chi connectivity index (χ1v) is 8.42. The molecule has 0 saturated carbocycles. The molecule has 1 nitrogen and oxygen atoms in total. The lowest BCUT2D eigenvalue weighted by Gasteiger charge is -2.02. The molecule has 0 aromatic carbocycles. The highest BCUT2D eigenvalue weighted by Gasteiger charge is 2.07. The van der Waals surface area contributed by atoms with Crippen LogP contribution in [0.25, 0.3) is 0 Å². The average molecular weight is 254 g/mol. The molecule has 0 atom stereocenters. The Bertz CT molecular complexity index is 357. The van der Waals surface area contributed by atoms with Crippen molar-refractivity contribution in [2.45, 2.75) is 19.6 Å². The van der Waals surface area contributed by atoms with Gasteiger partial charge in [0.15, 0.2) is 0 Å². The fourth-order valence-corrected chi connectivity index (χ4v) is 1.58. The second kappa shape index (κ2) is 4.08. The van der Waals surface area contributed by atoms with E-state index in [2.05, 4.69) is 52.0 Å². The van der Waals surface area contributed by atoms with Crippen LogP contribution < -0.4 is 0 Å². The van der Waals surface area contributed by atoms with Crippen LogP contribution in [0.5, 0.6) is 0 Å². The number of pyridine rings is 1. The summed E-state index contributed by atoms with van der Waals surface area (Å²) in [6, 6.07) is 5.78. The molecule has 0 aliphatic rings. The van der Waals surface area contributed by atoms with Gasteiger partial charge in [-0.15, -0.1) is 5.54 Å². The van der Waals surface area contributed by atoms with Gasteiger partial charge in [0.25, 0.3) is 0 Å². The Morgan fingerprint density at radius 1 is 1.31 bits per heavy atom. The van der Waals surface area contributed by atoms with Gasteiger partial charge in [-0.05, 0) is 28.1 Å². The molecule has 0 spiro atoms. The van der Waals surface area contributed by atoms with E-state index >= 15 is 0 Å². The fourth-order valence-electron chi connectivity index (χ4n) is 0.729. The normalized spacial score (nSPS) is 10.5. The molecule has 68 valence electrons. The molecule has 1 rings (SSSR count). The van der Waals surface area contributed by atoms with Gasteiger partial charge in [-0.3, -0.25) is 0 Å². The lowest BCUT2D eigenvalue weighted by molar-refractivity contribution is 1.24. The van der Waals surface area contributed by atoms with Gasteiger partial charge in [0, 0.05) is 0 Å². The van der Waals surface area contributed by atoms with Crippen LogP contribution in [0.2, 0.25) is 19.6 Å². The molecule has 0 saturated heterocycles. The summed E-state index contributed by atoms with van der Waals surface area (Å²) >= 11 is 3.32. The van der Waals surface area contributed by atoms with Crippen LogP contribution in [0.4, 0.5) is 0 Å². The van der Waals surface area contributed by atoms with Crippen LogP contribution in [0, 0.1) is 11.5 Å². The molecule has 0 aliphatic heterocycles. The van der Waals surface area contributed by atoms with Crippen LogP contribution in [0.1, 0.15) is 5.69 Å². The molecule has 0 N–H and O–H groups in total. The molecule has 1 aromatic heterocycles. The monoisotopic (exact) mass is 253 g/mol. The predicted octanol–water partition coefficient (Wildman–Crippen LogP) is 3.07. The highest BCUT2D eigenvalue weighted by molar-refractivity contribution is 9.10. The molecule has 13 heavy (non-hydrogen) atoms.